The van der Waals surface area contributed by atoms with Gasteiger partial charge < -0.3 is 16.0 Å². The van der Waals surface area contributed by atoms with Crippen LogP contribution in [-0.4, -0.2) is 44.4 Å². The van der Waals surface area contributed by atoms with Gasteiger partial charge in [-0.3, -0.25) is 4.79 Å². The van der Waals surface area contributed by atoms with Crippen molar-refractivity contribution in [3.05, 3.63) is 41.5 Å². The van der Waals surface area contributed by atoms with Gasteiger partial charge in [0, 0.05) is 23.8 Å². The van der Waals surface area contributed by atoms with Crippen molar-refractivity contribution < 1.29 is 18.0 Å². The lowest BCUT2D eigenvalue weighted by Crippen LogP contribution is -2.38. The summed E-state index contributed by atoms with van der Waals surface area (Å²) >= 11 is 0. The first-order valence-corrected chi connectivity index (χ1v) is 11.6. The molecule has 1 aliphatic carbocycles. The van der Waals surface area contributed by atoms with E-state index in [1.54, 1.807) is 24.3 Å². The van der Waals surface area contributed by atoms with Crippen molar-refractivity contribution in [2.24, 2.45) is 0 Å². The van der Waals surface area contributed by atoms with Crippen LogP contribution >= 0.6 is 0 Å². The summed E-state index contributed by atoms with van der Waals surface area (Å²) in [5, 5.41) is 8.25. The Morgan fingerprint density at radius 1 is 1.18 bits per heavy atom. The SMILES string of the molecule is O=C(Nc1cccc(C(=O)NCCC2=CCCCC2)c1)N[C@H]1CCS(=O)(=O)C1. The summed E-state index contributed by atoms with van der Waals surface area (Å²) in [6.45, 7) is 0.596. The van der Waals surface area contributed by atoms with Gasteiger partial charge in [0.25, 0.3) is 5.91 Å². The molecule has 28 heavy (non-hydrogen) atoms. The number of sulfone groups is 1. The van der Waals surface area contributed by atoms with E-state index in [4.69, 9.17) is 0 Å². The van der Waals surface area contributed by atoms with Crippen LogP contribution in [0.4, 0.5) is 10.5 Å². The van der Waals surface area contributed by atoms with Crippen LogP contribution < -0.4 is 16.0 Å². The van der Waals surface area contributed by atoms with E-state index < -0.39 is 15.9 Å². The number of benzene rings is 1. The van der Waals surface area contributed by atoms with Gasteiger partial charge in [0.2, 0.25) is 0 Å². The van der Waals surface area contributed by atoms with E-state index in [0.717, 1.165) is 19.3 Å². The molecule has 1 aromatic carbocycles. The Morgan fingerprint density at radius 2 is 2.04 bits per heavy atom. The number of anilines is 1. The first kappa shape index (κ1) is 20.4. The zero-order valence-corrected chi connectivity index (χ0v) is 16.7. The first-order valence-electron chi connectivity index (χ1n) is 9.75. The van der Waals surface area contributed by atoms with Crippen LogP contribution in [0.1, 0.15) is 48.9 Å². The normalized spacial score (nSPS) is 20.9. The monoisotopic (exact) mass is 405 g/mol. The van der Waals surface area contributed by atoms with Crippen LogP contribution in [0, 0.1) is 0 Å². The average molecular weight is 406 g/mol. The third-order valence-corrected chi connectivity index (χ3v) is 6.83. The number of carbonyl (C=O) groups excluding carboxylic acids is 2. The highest BCUT2D eigenvalue weighted by Gasteiger charge is 2.28. The number of nitrogens with one attached hydrogen (secondary N) is 3. The van der Waals surface area contributed by atoms with Crippen LogP contribution in [0.2, 0.25) is 0 Å². The Hall–Kier alpha value is -2.35. The summed E-state index contributed by atoms with van der Waals surface area (Å²) in [5.74, 6) is -0.105. The third-order valence-electron chi connectivity index (χ3n) is 5.07. The molecule has 1 aromatic rings. The summed E-state index contributed by atoms with van der Waals surface area (Å²) in [7, 11) is -3.05. The third kappa shape index (κ3) is 6.09. The van der Waals surface area contributed by atoms with Crippen molar-refractivity contribution in [1.29, 1.82) is 0 Å². The number of allylic oxidation sites excluding steroid dienone is 1. The topological polar surface area (TPSA) is 104 Å². The van der Waals surface area contributed by atoms with Gasteiger partial charge in [-0.1, -0.05) is 17.7 Å². The van der Waals surface area contributed by atoms with Gasteiger partial charge in [0.05, 0.1) is 11.5 Å². The molecule has 0 aromatic heterocycles. The van der Waals surface area contributed by atoms with E-state index in [9.17, 15) is 18.0 Å². The van der Waals surface area contributed by atoms with Gasteiger partial charge in [-0.25, -0.2) is 13.2 Å². The fourth-order valence-electron chi connectivity index (χ4n) is 3.57. The molecule has 3 N–H and O–H groups in total. The molecule has 0 saturated carbocycles. The quantitative estimate of drug-likeness (QED) is 0.633. The minimum atomic E-state index is -3.05. The number of carbonyl (C=O) groups is 2. The molecule has 0 bridgehead atoms. The Kier molecular flexibility index (Phi) is 6.72. The summed E-state index contributed by atoms with van der Waals surface area (Å²) in [6.07, 6.45) is 8.29. The van der Waals surface area contributed by atoms with Crippen LogP contribution in [-0.2, 0) is 9.84 Å². The lowest BCUT2D eigenvalue weighted by molar-refractivity contribution is 0.0954. The van der Waals surface area contributed by atoms with E-state index >= 15 is 0 Å². The molecule has 0 spiro atoms. The Labute approximate surface area is 165 Å². The predicted octanol–water partition coefficient (Wildman–Crippen LogP) is 2.62. The van der Waals surface area contributed by atoms with Crippen molar-refractivity contribution in [2.45, 2.75) is 44.6 Å². The maximum atomic E-state index is 12.3. The van der Waals surface area contributed by atoms with Crippen LogP contribution in [0.15, 0.2) is 35.9 Å². The highest BCUT2D eigenvalue weighted by atomic mass is 32.2. The smallest absolute Gasteiger partial charge is 0.319 e. The molecule has 1 fully saturated rings. The fourth-order valence-corrected chi connectivity index (χ4v) is 5.24. The summed E-state index contributed by atoms with van der Waals surface area (Å²) < 4.78 is 22.9. The van der Waals surface area contributed by atoms with Gasteiger partial charge in [-0.15, -0.1) is 0 Å². The highest BCUT2D eigenvalue weighted by Crippen LogP contribution is 2.19. The standard InChI is InChI=1S/C20H27N3O4S/c24-19(21-11-9-15-5-2-1-3-6-15)16-7-4-8-17(13-16)22-20(25)23-18-10-12-28(26,27)14-18/h4-5,7-8,13,18H,1-3,6,9-12,14H2,(H,21,24)(H2,22,23,25)/t18-/m0/s1. The number of amides is 3. The van der Waals surface area contributed by atoms with Crippen LogP contribution in [0.5, 0.6) is 0 Å². The zero-order valence-electron chi connectivity index (χ0n) is 15.9. The summed E-state index contributed by atoms with van der Waals surface area (Å²) in [4.78, 5) is 24.4. The van der Waals surface area contributed by atoms with E-state index in [1.165, 1.54) is 18.4 Å². The van der Waals surface area contributed by atoms with Crippen LogP contribution in [0.25, 0.3) is 0 Å². The van der Waals surface area contributed by atoms with Crippen LogP contribution in [0.3, 0.4) is 0 Å². The van der Waals surface area contributed by atoms with E-state index in [0.29, 0.717) is 24.2 Å². The molecule has 3 amide bonds. The van der Waals surface area contributed by atoms with Crippen molar-refractivity contribution in [2.75, 3.05) is 23.4 Å². The maximum Gasteiger partial charge on any atom is 0.319 e. The molecule has 3 rings (SSSR count). The second-order valence-corrected chi connectivity index (χ2v) is 9.62. The minimum Gasteiger partial charge on any atom is -0.352 e. The molecular formula is C20H27N3O4S. The van der Waals surface area contributed by atoms with E-state index in [2.05, 4.69) is 22.0 Å². The molecular weight excluding hydrogens is 378 g/mol. The highest BCUT2D eigenvalue weighted by molar-refractivity contribution is 7.91. The number of urea groups is 1. The first-order chi connectivity index (χ1) is 13.4. The van der Waals surface area contributed by atoms with Crippen molar-refractivity contribution in [3.8, 4) is 0 Å². The number of hydrogen-bond donors (Lipinski definition) is 3. The molecule has 2 aliphatic rings. The fraction of sp³-hybridized carbons (Fsp3) is 0.500. The second kappa shape index (κ2) is 9.23. The largest absolute Gasteiger partial charge is 0.352 e. The molecule has 7 nitrogen and oxygen atoms in total. The summed E-state index contributed by atoms with van der Waals surface area (Å²) in [5.41, 5.74) is 2.37. The average Bonchev–Trinajstić information content (AvgIpc) is 3.01. The minimum absolute atomic E-state index is 0.0285. The van der Waals surface area contributed by atoms with Gasteiger partial charge in [-0.2, -0.15) is 0 Å². The molecule has 1 aliphatic heterocycles. The molecule has 0 unspecified atom stereocenters. The lowest BCUT2D eigenvalue weighted by Gasteiger charge is -2.14. The van der Waals surface area contributed by atoms with Crippen molar-refractivity contribution in [3.63, 3.8) is 0 Å². The van der Waals surface area contributed by atoms with Crippen molar-refractivity contribution in [1.82, 2.24) is 10.6 Å². The van der Waals surface area contributed by atoms with Gasteiger partial charge in [0.1, 0.15) is 0 Å². The Morgan fingerprint density at radius 3 is 2.75 bits per heavy atom. The van der Waals surface area contributed by atoms with Crippen molar-refractivity contribution >= 4 is 27.5 Å². The molecule has 1 atom stereocenters. The maximum absolute atomic E-state index is 12.3. The predicted molar refractivity (Wildman–Crippen MR) is 109 cm³/mol. The van der Waals surface area contributed by atoms with E-state index in [-0.39, 0.29) is 23.5 Å². The molecule has 1 heterocycles. The molecule has 152 valence electrons. The lowest BCUT2D eigenvalue weighted by atomic mass is 9.97. The number of rotatable bonds is 6. The number of hydrogen-bond acceptors (Lipinski definition) is 4. The van der Waals surface area contributed by atoms with E-state index in [1.807, 2.05) is 0 Å². The molecule has 1 saturated heterocycles. The Balaban J connectivity index is 1.48. The Bertz CT molecular complexity index is 864. The van der Waals surface area contributed by atoms with Gasteiger partial charge in [0.15, 0.2) is 9.84 Å². The summed E-state index contributed by atoms with van der Waals surface area (Å²) in [6, 6.07) is 5.86. The zero-order chi connectivity index (χ0) is 20.0. The molecule has 8 heteroatoms. The second-order valence-electron chi connectivity index (χ2n) is 7.39. The molecule has 0 radical (unpaired) electrons. The van der Waals surface area contributed by atoms with Gasteiger partial charge in [-0.05, 0) is 56.7 Å². The van der Waals surface area contributed by atoms with Gasteiger partial charge >= 0.3 is 6.03 Å².